The lowest BCUT2D eigenvalue weighted by molar-refractivity contribution is -0.0502. The van der Waals surface area contributed by atoms with Crippen LogP contribution in [0.5, 0.6) is 0 Å². The van der Waals surface area contributed by atoms with Crippen LogP contribution in [-0.2, 0) is 36.3 Å². The highest BCUT2D eigenvalue weighted by Gasteiger charge is 2.59. The Morgan fingerprint density at radius 1 is 1.09 bits per heavy atom. The number of nitrogens with zero attached hydrogens (tertiary/aromatic N) is 4. The number of fused-ring (bicyclic) bond motifs is 1. The van der Waals surface area contributed by atoms with Crippen molar-refractivity contribution in [2.45, 2.75) is 81.6 Å². The maximum absolute atomic E-state index is 12.9. The number of phosphoric acid groups is 1. The van der Waals surface area contributed by atoms with Gasteiger partial charge in [0.1, 0.15) is 18.3 Å². The van der Waals surface area contributed by atoms with Crippen LogP contribution < -0.4 is 5.32 Å². The minimum atomic E-state index is -5.33. The molecule has 246 valence electrons. The van der Waals surface area contributed by atoms with Crippen molar-refractivity contribution in [3.63, 3.8) is 0 Å². The number of hydrogen-bond donors (Lipinski definition) is 5. The van der Waals surface area contributed by atoms with Crippen LogP contribution in [0, 0.1) is 0 Å². The molecule has 1 aliphatic rings. The number of nitrogens with one attached hydrogen (secondary N) is 1. The van der Waals surface area contributed by atoms with Gasteiger partial charge in [0.15, 0.2) is 33.3 Å². The zero-order chi connectivity index (χ0) is 32.2. The highest BCUT2D eigenvalue weighted by molar-refractivity contribution is 7.99. The third-order valence-corrected chi connectivity index (χ3v) is 15.1. The maximum atomic E-state index is 12.9. The SMILES string of the molecule is CCCCNc1nc(SCCC)nc2c1ncn2[C@@H]1O[C@H](COP(=O)(O)OP(=O)(O)C(C)(C)P(=O)(OC)OC)[C@@H](O)[C@H]1O. The molecule has 6 atom stereocenters. The van der Waals surface area contributed by atoms with E-state index in [0.717, 1.165) is 53.1 Å². The topological polar surface area (TPSA) is 234 Å². The molecule has 43 heavy (non-hydrogen) atoms. The smallest absolute Gasteiger partial charge is 0.387 e. The van der Waals surface area contributed by atoms with Crippen LogP contribution in [0.2, 0.25) is 0 Å². The molecule has 0 radical (unpaired) electrons. The first-order valence-electron chi connectivity index (χ1n) is 13.4. The van der Waals surface area contributed by atoms with Gasteiger partial charge in [0.05, 0.1) is 12.9 Å². The minimum Gasteiger partial charge on any atom is -0.387 e. The van der Waals surface area contributed by atoms with Crippen molar-refractivity contribution in [3.8, 4) is 0 Å². The van der Waals surface area contributed by atoms with Gasteiger partial charge in [-0.25, -0.2) is 23.8 Å². The standard InChI is InChI=1S/C22H40N5O12P3S/c1-7-9-10-23-18-15-19(26-21(25-18)43-11-8-2)27(13-24-15)20-17(29)16(28)14(38-20)12-37-42(33,34)39-40(30,31)22(3,4)41(32,35-5)36-6/h13-14,16-17,20,28-29H,7-12H2,1-6H3,(H,30,31)(H,33,34)(H,23,25,26)/t14-,16-,17-,20-/m1/s1. The Kier molecular flexibility index (Phi) is 12.4. The largest absolute Gasteiger partial charge is 0.479 e. The highest BCUT2D eigenvalue weighted by atomic mass is 32.2. The molecule has 1 aliphatic heterocycles. The second kappa shape index (κ2) is 14.6. The Hall–Kier alpha value is -0.970. The minimum absolute atomic E-state index is 0.325. The van der Waals surface area contributed by atoms with Crippen LogP contribution in [0.4, 0.5) is 5.82 Å². The Morgan fingerprint density at radius 3 is 2.37 bits per heavy atom. The van der Waals surface area contributed by atoms with Crippen LogP contribution in [-0.4, -0.2) is 95.9 Å². The molecular formula is C22H40N5O12P3S. The van der Waals surface area contributed by atoms with E-state index in [9.17, 15) is 33.7 Å². The number of ether oxygens (including phenoxy) is 1. The average Bonchev–Trinajstić information content (AvgIpc) is 3.49. The molecule has 21 heteroatoms. The molecule has 3 heterocycles. The van der Waals surface area contributed by atoms with Crippen LogP contribution in [0.1, 0.15) is 53.2 Å². The number of aromatic nitrogens is 4. The van der Waals surface area contributed by atoms with Crippen LogP contribution in [0.15, 0.2) is 11.5 Å². The number of anilines is 1. The van der Waals surface area contributed by atoms with Gasteiger partial charge in [0.2, 0.25) is 0 Å². The molecule has 17 nitrogen and oxygen atoms in total. The van der Waals surface area contributed by atoms with Gasteiger partial charge in [-0.1, -0.05) is 32.0 Å². The first kappa shape index (κ1) is 36.5. The third kappa shape index (κ3) is 7.89. The van der Waals surface area contributed by atoms with E-state index in [-0.39, 0.29) is 0 Å². The van der Waals surface area contributed by atoms with Crippen molar-refractivity contribution in [2.24, 2.45) is 0 Å². The molecule has 0 bridgehead atoms. The molecule has 3 rings (SSSR count). The van der Waals surface area contributed by atoms with Crippen molar-refractivity contribution >= 4 is 51.8 Å². The lowest BCUT2D eigenvalue weighted by Crippen LogP contribution is -2.33. The van der Waals surface area contributed by atoms with Gasteiger partial charge in [-0.3, -0.25) is 18.2 Å². The van der Waals surface area contributed by atoms with Crippen LogP contribution in [0.3, 0.4) is 0 Å². The third-order valence-electron chi connectivity index (χ3n) is 6.73. The van der Waals surface area contributed by atoms with Crippen LogP contribution >= 0.6 is 34.8 Å². The predicted octanol–water partition coefficient (Wildman–Crippen LogP) is 3.70. The molecule has 1 fully saturated rings. The number of aliphatic hydroxyl groups is 2. The Balaban J connectivity index is 1.80. The van der Waals surface area contributed by atoms with E-state index in [1.54, 1.807) is 0 Å². The predicted molar refractivity (Wildman–Crippen MR) is 158 cm³/mol. The van der Waals surface area contributed by atoms with E-state index >= 15 is 0 Å². The lowest BCUT2D eigenvalue weighted by atomic mass is 10.1. The fourth-order valence-corrected chi connectivity index (χ4v) is 10.3. The zero-order valence-electron chi connectivity index (χ0n) is 24.7. The summed E-state index contributed by atoms with van der Waals surface area (Å²) in [4.78, 5) is 31.9. The zero-order valence-corrected chi connectivity index (χ0v) is 28.2. The summed E-state index contributed by atoms with van der Waals surface area (Å²) in [7, 11) is -12.9. The summed E-state index contributed by atoms with van der Waals surface area (Å²) in [6, 6.07) is 0. The number of phosphoric ester groups is 1. The number of unbranched alkanes of at least 4 members (excludes halogenated alkanes) is 1. The van der Waals surface area contributed by atoms with Gasteiger partial charge in [-0.2, -0.15) is 0 Å². The molecular weight excluding hydrogens is 651 g/mol. The molecule has 1 saturated heterocycles. The molecule has 2 unspecified atom stereocenters. The van der Waals surface area contributed by atoms with E-state index in [1.807, 2.05) is 6.92 Å². The molecule has 0 spiro atoms. The van der Waals surface area contributed by atoms with Gasteiger partial charge in [0.25, 0.3) is 0 Å². The van der Waals surface area contributed by atoms with Crippen molar-refractivity contribution in [2.75, 3.05) is 38.4 Å². The molecule has 0 amide bonds. The highest BCUT2D eigenvalue weighted by Crippen LogP contribution is 2.78. The summed E-state index contributed by atoms with van der Waals surface area (Å²) in [5, 5.41) is 25.2. The van der Waals surface area contributed by atoms with Gasteiger partial charge in [-0.15, -0.1) is 0 Å². The van der Waals surface area contributed by atoms with Crippen molar-refractivity contribution in [3.05, 3.63) is 6.33 Å². The average molecular weight is 692 g/mol. The van der Waals surface area contributed by atoms with Gasteiger partial charge in [0, 0.05) is 26.5 Å². The van der Waals surface area contributed by atoms with E-state index in [0.29, 0.717) is 28.7 Å². The molecule has 0 aliphatic carbocycles. The summed E-state index contributed by atoms with van der Waals surface area (Å²) in [5.74, 6) is 1.27. The summed E-state index contributed by atoms with van der Waals surface area (Å²) in [6.07, 6.45) is -1.63. The fraction of sp³-hybridized carbons (Fsp3) is 0.773. The van der Waals surface area contributed by atoms with Crippen molar-refractivity contribution in [1.82, 2.24) is 19.5 Å². The summed E-state index contributed by atoms with van der Waals surface area (Å²) in [5.41, 5.74) is 0.742. The first-order chi connectivity index (χ1) is 20.1. The first-order valence-corrected chi connectivity index (χ1v) is 19.0. The maximum Gasteiger partial charge on any atom is 0.479 e. The van der Waals surface area contributed by atoms with E-state index in [1.165, 1.54) is 22.7 Å². The molecule has 0 aromatic carbocycles. The quantitative estimate of drug-likeness (QED) is 0.0688. The second-order valence-electron chi connectivity index (χ2n) is 10.1. The van der Waals surface area contributed by atoms with Gasteiger partial charge >= 0.3 is 23.0 Å². The van der Waals surface area contributed by atoms with Crippen molar-refractivity contribution < 1.29 is 56.3 Å². The number of rotatable bonds is 17. The molecule has 0 saturated carbocycles. The van der Waals surface area contributed by atoms with Gasteiger partial charge in [-0.05, 0) is 26.7 Å². The van der Waals surface area contributed by atoms with E-state index in [2.05, 4.69) is 31.5 Å². The van der Waals surface area contributed by atoms with Crippen LogP contribution in [0.25, 0.3) is 11.2 Å². The summed E-state index contributed by atoms with van der Waals surface area (Å²) < 4.78 is 64.5. The molecule has 2 aromatic heterocycles. The molecule has 5 N–H and O–H groups in total. The van der Waals surface area contributed by atoms with Gasteiger partial charge < -0.3 is 39.1 Å². The second-order valence-corrected chi connectivity index (χ2v) is 18.3. The van der Waals surface area contributed by atoms with E-state index in [4.69, 9.17) is 18.3 Å². The number of aliphatic hydroxyl groups excluding tert-OH is 2. The Bertz CT molecular complexity index is 1390. The summed E-state index contributed by atoms with van der Waals surface area (Å²) >= 11 is 1.44. The number of imidazole rings is 1. The monoisotopic (exact) mass is 691 g/mol. The van der Waals surface area contributed by atoms with E-state index < -0.39 is 59.1 Å². The number of thioether (sulfide) groups is 1. The Labute approximate surface area is 253 Å². The summed E-state index contributed by atoms with van der Waals surface area (Å²) in [6.45, 7) is 5.91. The Morgan fingerprint density at radius 2 is 1.77 bits per heavy atom. The normalized spacial score (nSPS) is 24.2. The van der Waals surface area contributed by atoms with Crippen molar-refractivity contribution in [1.29, 1.82) is 0 Å². The fourth-order valence-electron chi connectivity index (χ4n) is 4.05. The lowest BCUT2D eigenvalue weighted by Gasteiger charge is -2.34. The number of hydrogen-bond acceptors (Lipinski definition) is 15. The molecule has 2 aromatic rings.